The zero-order chi connectivity index (χ0) is 12.3. The molecular formula is C15H23NO. The number of rotatable bonds is 4. The SMILES string of the molecule is COCCC(C)C1Nc2ccccc2CC1C. The molecular weight excluding hydrogens is 210 g/mol. The first kappa shape index (κ1) is 12.4. The molecule has 1 aliphatic rings. The number of hydrogen-bond acceptors (Lipinski definition) is 2. The van der Waals surface area contributed by atoms with Crippen molar-refractivity contribution < 1.29 is 4.74 Å². The summed E-state index contributed by atoms with van der Waals surface area (Å²) in [6, 6.07) is 9.23. The topological polar surface area (TPSA) is 21.3 Å². The summed E-state index contributed by atoms with van der Waals surface area (Å²) in [5.74, 6) is 1.34. The van der Waals surface area contributed by atoms with Gasteiger partial charge in [-0.1, -0.05) is 32.0 Å². The minimum Gasteiger partial charge on any atom is -0.385 e. The molecule has 94 valence electrons. The lowest BCUT2D eigenvalue weighted by Gasteiger charge is -2.36. The average molecular weight is 233 g/mol. The molecule has 0 aliphatic carbocycles. The van der Waals surface area contributed by atoms with Crippen LogP contribution in [0.5, 0.6) is 0 Å². The lowest BCUT2D eigenvalue weighted by molar-refractivity contribution is 0.170. The lowest BCUT2D eigenvalue weighted by atomic mass is 9.81. The van der Waals surface area contributed by atoms with E-state index in [9.17, 15) is 0 Å². The molecule has 3 atom stereocenters. The summed E-state index contributed by atoms with van der Waals surface area (Å²) in [5, 5.41) is 3.70. The van der Waals surface area contributed by atoms with E-state index in [1.54, 1.807) is 7.11 Å². The monoisotopic (exact) mass is 233 g/mol. The molecule has 1 aromatic carbocycles. The number of nitrogens with one attached hydrogen (secondary N) is 1. The molecule has 0 amide bonds. The molecule has 3 unspecified atom stereocenters. The minimum atomic E-state index is 0.569. The van der Waals surface area contributed by atoms with Crippen molar-refractivity contribution in [3.8, 4) is 0 Å². The van der Waals surface area contributed by atoms with Gasteiger partial charge in [0.1, 0.15) is 0 Å². The van der Waals surface area contributed by atoms with Gasteiger partial charge < -0.3 is 10.1 Å². The Morgan fingerprint density at radius 2 is 2.18 bits per heavy atom. The van der Waals surface area contributed by atoms with Crippen LogP contribution in [0.2, 0.25) is 0 Å². The fraction of sp³-hybridized carbons (Fsp3) is 0.600. The first-order valence-corrected chi connectivity index (χ1v) is 6.55. The molecule has 0 saturated heterocycles. The van der Waals surface area contributed by atoms with Crippen molar-refractivity contribution in [2.45, 2.75) is 32.7 Å². The molecule has 1 aliphatic heterocycles. The Kier molecular flexibility index (Phi) is 4.06. The quantitative estimate of drug-likeness (QED) is 0.861. The van der Waals surface area contributed by atoms with Gasteiger partial charge in [0.05, 0.1) is 0 Å². The molecule has 1 heterocycles. The first-order chi connectivity index (χ1) is 8.22. The average Bonchev–Trinajstić information content (AvgIpc) is 2.35. The fourth-order valence-corrected chi connectivity index (χ4v) is 2.82. The Hall–Kier alpha value is -1.02. The van der Waals surface area contributed by atoms with Crippen molar-refractivity contribution in [2.24, 2.45) is 11.8 Å². The lowest BCUT2D eigenvalue weighted by Crippen LogP contribution is -2.38. The predicted octanol–water partition coefficient (Wildman–Crippen LogP) is 3.33. The predicted molar refractivity (Wildman–Crippen MR) is 72.4 cm³/mol. The van der Waals surface area contributed by atoms with E-state index in [0.717, 1.165) is 13.0 Å². The van der Waals surface area contributed by atoms with Gasteiger partial charge in [0.25, 0.3) is 0 Å². The van der Waals surface area contributed by atoms with Crippen LogP contribution >= 0.6 is 0 Å². The first-order valence-electron chi connectivity index (χ1n) is 6.55. The molecule has 0 aromatic heterocycles. The summed E-state index contributed by atoms with van der Waals surface area (Å²) in [5.41, 5.74) is 2.77. The van der Waals surface area contributed by atoms with Crippen LogP contribution in [0.1, 0.15) is 25.8 Å². The van der Waals surface area contributed by atoms with E-state index in [0.29, 0.717) is 17.9 Å². The molecule has 0 spiro atoms. The summed E-state index contributed by atoms with van der Waals surface area (Å²) in [6.07, 6.45) is 2.31. The van der Waals surface area contributed by atoms with Crippen LogP contribution in [0.25, 0.3) is 0 Å². The molecule has 1 aromatic rings. The van der Waals surface area contributed by atoms with Gasteiger partial charge in [-0.05, 0) is 36.3 Å². The largest absolute Gasteiger partial charge is 0.385 e. The van der Waals surface area contributed by atoms with Crippen LogP contribution in [0.4, 0.5) is 5.69 Å². The Bertz CT molecular complexity index is 364. The highest BCUT2D eigenvalue weighted by Crippen LogP contribution is 2.32. The second kappa shape index (κ2) is 5.54. The van der Waals surface area contributed by atoms with Crippen LogP contribution in [0, 0.1) is 11.8 Å². The number of benzene rings is 1. The van der Waals surface area contributed by atoms with Crippen LogP contribution in [-0.2, 0) is 11.2 Å². The number of ether oxygens (including phenoxy) is 1. The maximum absolute atomic E-state index is 5.18. The highest BCUT2D eigenvalue weighted by Gasteiger charge is 2.28. The summed E-state index contributed by atoms with van der Waals surface area (Å²) < 4.78 is 5.18. The van der Waals surface area contributed by atoms with Crippen molar-refractivity contribution in [3.05, 3.63) is 29.8 Å². The molecule has 0 radical (unpaired) electrons. The van der Waals surface area contributed by atoms with Gasteiger partial charge in [0, 0.05) is 25.4 Å². The van der Waals surface area contributed by atoms with E-state index >= 15 is 0 Å². The number of anilines is 1. The Morgan fingerprint density at radius 3 is 2.94 bits per heavy atom. The van der Waals surface area contributed by atoms with Gasteiger partial charge in [0.15, 0.2) is 0 Å². The normalized spacial score (nSPS) is 24.9. The third-order valence-corrected chi connectivity index (χ3v) is 3.88. The smallest absolute Gasteiger partial charge is 0.0465 e. The van der Waals surface area contributed by atoms with E-state index in [2.05, 4.69) is 43.4 Å². The van der Waals surface area contributed by atoms with Crippen molar-refractivity contribution in [1.82, 2.24) is 0 Å². The summed E-state index contributed by atoms with van der Waals surface area (Å²) in [6.45, 7) is 5.52. The van der Waals surface area contributed by atoms with Crippen LogP contribution in [0.15, 0.2) is 24.3 Å². The van der Waals surface area contributed by atoms with Crippen LogP contribution in [0.3, 0.4) is 0 Å². The molecule has 17 heavy (non-hydrogen) atoms. The van der Waals surface area contributed by atoms with E-state index in [4.69, 9.17) is 4.74 Å². The minimum absolute atomic E-state index is 0.569. The number of fused-ring (bicyclic) bond motifs is 1. The molecule has 1 N–H and O–H groups in total. The fourth-order valence-electron chi connectivity index (χ4n) is 2.82. The number of hydrogen-bond donors (Lipinski definition) is 1. The van der Waals surface area contributed by atoms with Gasteiger partial charge in [-0.15, -0.1) is 0 Å². The molecule has 2 heteroatoms. The summed E-state index contributed by atoms with van der Waals surface area (Å²) in [7, 11) is 1.78. The Balaban J connectivity index is 2.06. The highest BCUT2D eigenvalue weighted by molar-refractivity contribution is 5.54. The van der Waals surface area contributed by atoms with Crippen molar-refractivity contribution in [3.63, 3.8) is 0 Å². The molecule has 0 fully saturated rings. The third-order valence-electron chi connectivity index (χ3n) is 3.88. The maximum atomic E-state index is 5.18. The molecule has 2 nitrogen and oxygen atoms in total. The summed E-state index contributed by atoms with van der Waals surface area (Å²) in [4.78, 5) is 0. The molecule has 0 saturated carbocycles. The highest BCUT2D eigenvalue weighted by atomic mass is 16.5. The van der Waals surface area contributed by atoms with Gasteiger partial charge in [-0.2, -0.15) is 0 Å². The zero-order valence-electron chi connectivity index (χ0n) is 11.1. The van der Waals surface area contributed by atoms with Crippen molar-refractivity contribution >= 4 is 5.69 Å². The van der Waals surface area contributed by atoms with E-state index in [1.807, 2.05) is 0 Å². The second-order valence-corrected chi connectivity index (χ2v) is 5.27. The maximum Gasteiger partial charge on any atom is 0.0465 e. The zero-order valence-corrected chi connectivity index (χ0v) is 11.1. The molecule has 2 rings (SSSR count). The summed E-state index contributed by atoms with van der Waals surface area (Å²) >= 11 is 0. The van der Waals surface area contributed by atoms with E-state index in [1.165, 1.54) is 17.7 Å². The van der Waals surface area contributed by atoms with Crippen molar-refractivity contribution in [2.75, 3.05) is 19.0 Å². The third kappa shape index (κ3) is 2.81. The number of para-hydroxylation sites is 1. The van der Waals surface area contributed by atoms with Gasteiger partial charge in [-0.3, -0.25) is 0 Å². The van der Waals surface area contributed by atoms with Crippen LogP contribution in [-0.4, -0.2) is 19.8 Å². The van der Waals surface area contributed by atoms with Gasteiger partial charge in [0.2, 0.25) is 0 Å². The van der Waals surface area contributed by atoms with Crippen LogP contribution < -0.4 is 5.32 Å². The van der Waals surface area contributed by atoms with E-state index < -0.39 is 0 Å². The van der Waals surface area contributed by atoms with E-state index in [-0.39, 0.29) is 0 Å². The standard InChI is InChI=1S/C15H23NO/c1-11(8-9-17-3)15-12(2)10-13-6-4-5-7-14(13)16-15/h4-7,11-12,15-16H,8-10H2,1-3H3. The Morgan fingerprint density at radius 1 is 1.41 bits per heavy atom. The Labute approximate surface area is 104 Å². The number of methoxy groups -OCH3 is 1. The molecule has 0 bridgehead atoms. The van der Waals surface area contributed by atoms with Crippen molar-refractivity contribution in [1.29, 1.82) is 0 Å². The van der Waals surface area contributed by atoms with Gasteiger partial charge in [-0.25, -0.2) is 0 Å². The van der Waals surface area contributed by atoms with Gasteiger partial charge >= 0.3 is 0 Å². The second-order valence-electron chi connectivity index (χ2n) is 5.27.